The molecule has 0 saturated heterocycles. The summed E-state index contributed by atoms with van der Waals surface area (Å²) < 4.78 is 43.8. The van der Waals surface area contributed by atoms with Gasteiger partial charge in [0.2, 0.25) is 9.84 Å². The van der Waals surface area contributed by atoms with Crippen molar-refractivity contribution < 1.29 is 36.7 Å². The fraction of sp³-hybridized carbons (Fsp3) is 0.0714. The van der Waals surface area contributed by atoms with Gasteiger partial charge < -0.3 is 14.4 Å². The maximum absolute atomic E-state index is 13.4. The van der Waals surface area contributed by atoms with Crippen LogP contribution in [0.3, 0.4) is 0 Å². The van der Waals surface area contributed by atoms with Crippen LogP contribution in [0.4, 0.5) is 0 Å². The second-order valence-electron chi connectivity index (χ2n) is 8.37. The van der Waals surface area contributed by atoms with Gasteiger partial charge in [0, 0.05) is 13.8 Å². The van der Waals surface area contributed by atoms with Gasteiger partial charge in [0.25, 0.3) is 5.03 Å². The highest BCUT2D eigenvalue weighted by molar-refractivity contribution is 8.26. The molecule has 0 radical (unpaired) electrons. The molecule has 0 N–H and O–H groups in total. The minimum absolute atomic E-state index is 0.0624. The highest BCUT2D eigenvalue weighted by Crippen LogP contribution is 2.69. The van der Waals surface area contributed by atoms with Crippen LogP contribution >= 0.6 is 59.1 Å². The molecule has 3 aromatic carbocycles. The molecule has 0 aromatic heterocycles. The molecule has 3 aromatic rings. The number of sulfone groups is 1. The number of ether oxygens (including phenoxy) is 2. The van der Waals surface area contributed by atoms with Gasteiger partial charge in [0.05, 0.1) is 51.6 Å². The highest BCUT2D eigenvalue weighted by Gasteiger charge is 2.41. The van der Waals surface area contributed by atoms with Crippen LogP contribution in [-0.2, 0) is 23.8 Å². The molecule has 10 nitrogen and oxygen atoms in total. The second-order valence-corrected chi connectivity index (χ2v) is 15.5. The fourth-order valence-electron chi connectivity index (χ4n) is 3.65. The maximum atomic E-state index is 13.4. The number of para-hydroxylation sites is 1. The molecule has 0 fully saturated rings. The van der Waals surface area contributed by atoms with E-state index in [9.17, 15) is 23.3 Å². The van der Waals surface area contributed by atoms with Crippen LogP contribution in [0.25, 0.3) is 4.85 Å². The average Bonchev–Trinajstić information content (AvgIpc) is 3.64. The number of carbonyl (C=O) groups is 2. The predicted molar refractivity (Wildman–Crippen MR) is 168 cm³/mol. The zero-order chi connectivity index (χ0) is 31.4. The predicted octanol–water partition coefficient (Wildman–Crippen LogP) is 7.80. The van der Waals surface area contributed by atoms with E-state index in [1.807, 2.05) is 12.1 Å². The molecule has 0 bridgehead atoms. The first-order valence-electron chi connectivity index (χ1n) is 12.1. The minimum Gasteiger partial charge on any atom is -0.424 e. The van der Waals surface area contributed by atoms with Crippen molar-refractivity contribution in [3.8, 4) is 23.3 Å². The first-order chi connectivity index (χ1) is 21.1. The van der Waals surface area contributed by atoms with Gasteiger partial charge in [-0.15, -0.1) is 4.33 Å². The number of nitriles is 1. The van der Waals surface area contributed by atoms with E-state index in [1.54, 1.807) is 42.5 Å². The van der Waals surface area contributed by atoms with E-state index in [0.29, 0.717) is 41.6 Å². The van der Waals surface area contributed by atoms with Crippen LogP contribution in [0, 0.1) is 17.9 Å². The number of rotatable bonds is 8. The molecule has 2 aliphatic heterocycles. The molecule has 16 heteroatoms. The number of allylic oxidation sites excluding steroid dienone is 1. The van der Waals surface area contributed by atoms with Crippen molar-refractivity contribution >= 4 is 80.9 Å². The summed E-state index contributed by atoms with van der Waals surface area (Å²) in [5.74, 6) is -0.707. The molecule has 0 saturated carbocycles. The van der Waals surface area contributed by atoms with E-state index < -0.39 is 26.7 Å². The number of fused-ring (bicyclic) bond motifs is 2. The first-order valence-corrected chi connectivity index (χ1v) is 17.6. The second kappa shape index (κ2) is 13.7. The number of carbonyl (C=O) groups excluding carboxylic acids is 2. The van der Waals surface area contributed by atoms with Crippen molar-refractivity contribution in [1.82, 2.24) is 0 Å². The molecule has 0 aliphatic carbocycles. The molecular formula is C28H16N2O8S6. The van der Waals surface area contributed by atoms with Gasteiger partial charge >= 0.3 is 11.9 Å². The van der Waals surface area contributed by atoms with Crippen LogP contribution in [0.5, 0.6) is 17.2 Å². The molecule has 44 heavy (non-hydrogen) atoms. The fourth-order valence-corrected chi connectivity index (χ4v) is 11.3. The Morgan fingerprint density at radius 1 is 0.818 bits per heavy atom. The summed E-state index contributed by atoms with van der Waals surface area (Å²) >= 11 is 4.70. The molecule has 0 unspecified atom stereocenters. The van der Waals surface area contributed by atoms with Gasteiger partial charge in [-0.25, -0.2) is 13.3 Å². The Bertz CT molecular complexity index is 1870. The maximum Gasteiger partial charge on any atom is 0.308 e. The standard InChI is InChI=1S/C28H16N2O8S6/c1-15(31)35-20-22-23(40-27(39-22)19(14-29)44(33,34)18-12-8-5-9-13-18)21(36-16(2)32)25-24(20)41-28(42-25)26(30-3)43-38-37-17-10-6-4-7-11-17/h4-13H,1-2H3. The smallest absolute Gasteiger partial charge is 0.308 e. The summed E-state index contributed by atoms with van der Waals surface area (Å²) in [6.45, 7) is 10.1. The molecule has 2 aliphatic rings. The normalized spacial score (nSPS) is 13.3. The minimum atomic E-state index is -4.21. The van der Waals surface area contributed by atoms with Gasteiger partial charge in [0.15, 0.2) is 22.2 Å². The lowest BCUT2D eigenvalue weighted by atomic mass is 10.3. The van der Waals surface area contributed by atoms with E-state index in [0.717, 1.165) is 47.0 Å². The Balaban J connectivity index is 1.58. The van der Waals surface area contributed by atoms with Crippen molar-refractivity contribution in [2.45, 2.75) is 38.3 Å². The Kier molecular flexibility index (Phi) is 9.91. The molecule has 222 valence electrons. The van der Waals surface area contributed by atoms with Crippen molar-refractivity contribution in [3.63, 3.8) is 0 Å². The lowest BCUT2D eigenvalue weighted by Crippen LogP contribution is -2.07. The van der Waals surface area contributed by atoms with E-state index in [2.05, 4.69) is 4.85 Å². The van der Waals surface area contributed by atoms with Crippen LogP contribution in [0.1, 0.15) is 13.8 Å². The van der Waals surface area contributed by atoms with Crippen molar-refractivity contribution in [3.05, 3.63) is 90.5 Å². The number of thioether (sulfide) groups is 4. The first kappa shape index (κ1) is 31.9. The van der Waals surface area contributed by atoms with Gasteiger partial charge in [0.1, 0.15) is 6.07 Å². The third-order valence-corrected chi connectivity index (χ3v) is 13.4. The Morgan fingerprint density at radius 2 is 1.30 bits per heavy atom. The van der Waals surface area contributed by atoms with E-state index in [1.165, 1.54) is 26.0 Å². The molecule has 2 heterocycles. The number of benzene rings is 3. The van der Waals surface area contributed by atoms with Crippen molar-refractivity contribution in [2.75, 3.05) is 0 Å². The van der Waals surface area contributed by atoms with E-state index in [-0.39, 0.29) is 25.7 Å². The Hall–Kier alpha value is -3.48. The summed E-state index contributed by atoms with van der Waals surface area (Å²) in [5.41, 5.74) is 0. The summed E-state index contributed by atoms with van der Waals surface area (Å²) in [6.07, 6.45) is 0. The van der Waals surface area contributed by atoms with E-state index >= 15 is 0 Å². The summed E-state index contributed by atoms with van der Waals surface area (Å²) in [5, 5.41) is 10.1. The number of hydrogen-bond acceptors (Lipinski definition) is 14. The molecule has 0 atom stereocenters. The molecule has 0 amide bonds. The zero-order valence-electron chi connectivity index (χ0n) is 22.4. The Labute approximate surface area is 273 Å². The lowest BCUT2D eigenvalue weighted by molar-refractivity contribution is -0.133. The third kappa shape index (κ3) is 6.62. The summed E-state index contributed by atoms with van der Waals surface area (Å²) in [7, 11) is -4.21. The lowest BCUT2D eigenvalue weighted by Gasteiger charge is -2.15. The van der Waals surface area contributed by atoms with Gasteiger partial charge in [-0.1, -0.05) is 83.4 Å². The van der Waals surface area contributed by atoms with Crippen LogP contribution in [-0.4, -0.2) is 20.4 Å². The summed E-state index contributed by atoms with van der Waals surface area (Å²) in [6, 6.07) is 18.0. The van der Waals surface area contributed by atoms with Crippen molar-refractivity contribution in [2.24, 2.45) is 0 Å². The van der Waals surface area contributed by atoms with Crippen molar-refractivity contribution in [1.29, 1.82) is 5.26 Å². The molecular weight excluding hydrogens is 685 g/mol. The van der Waals surface area contributed by atoms with Gasteiger partial charge in [-0.3, -0.25) is 9.59 Å². The highest BCUT2D eigenvalue weighted by atomic mass is 32.2. The molecule has 5 rings (SSSR count). The van der Waals surface area contributed by atoms with Crippen LogP contribution < -0.4 is 14.4 Å². The average molecular weight is 701 g/mol. The number of nitrogens with zero attached hydrogens (tertiary/aromatic N) is 2. The molecule has 0 spiro atoms. The Morgan fingerprint density at radius 3 is 1.75 bits per heavy atom. The monoisotopic (exact) mass is 700 g/mol. The topological polar surface area (TPSA) is 133 Å². The third-order valence-electron chi connectivity index (χ3n) is 5.38. The van der Waals surface area contributed by atoms with Crippen LogP contribution in [0.15, 0.2) is 104 Å². The quantitative estimate of drug-likeness (QED) is 0.0430. The summed E-state index contributed by atoms with van der Waals surface area (Å²) in [4.78, 5) is 34.0. The SMILES string of the molecule is [C-]#[N+]C(SOOc1ccccc1)=C1Sc2c(OC(C)=O)c3c(c(OC(C)=O)c2S1)SC(=C(C#N)S(=O)(=O)c1ccccc1)S3. The van der Waals surface area contributed by atoms with Crippen LogP contribution in [0.2, 0.25) is 0 Å². The zero-order valence-corrected chi connectivity index (χ0v) is 27.3. The van der Waals surface area contributed by atoms with Gasteiger partial charge in [-0.2, -0.15) is 5.26 Å². The van der Waals surface area contributed by atoms with E-state index in [4.69, 9.17) is 25.3 Å². The number of esters is 2. The number of hydrogen-bond donors (Lipinski definition) is 0. The van der Waals surface area contributed by atoms with Gasteiger partial charge in [-0.05, 0) is 24.3 Å². The largest absolute Gasteiger partial charge is 0.424 e.